The van der Waals surface area contributed by atoms with E-state index in [1.54, 1.807) is 19.1 Å². The predicted molar refractivity (Wildman–Crippen MR) is 129 cm³/mol. The first-order valence-corrected chi connectivity index (χ1v) is 11.2. The maximum absolute atomic E-state index is 15.1. The number of hydrogen-bond acceptors (Lipinski definition) is 6. The van der Waals surface area contributed by atoms with E-state index >= 15 is 4.39 Å². The normalized spacial score (nSPS) is 15.0. The molecule has 3 heterocycles. The Hall–Kier alpha value is -3.33. The van der Waals surface area contributed by atoms with Gasteiger partial charge in [0, 0.05) is 45.9 Å². The van der Waals surface area contributed by atoms with Gasteiger partial charge < -0.3 is 19.7 Å². The molecule has 2 N–H and O–H groups in total. The van der Waals surface area contributed by atoms with Crippen LogP contribution in [0.1, 0.15) is 22.9 Å². The van der Waals surface area contributed by atoms with Crippen molar-refractivity contribution in [1.82, 2.24) is 15.0 Å². The van der Waals surface area contributed by atoms with Crippen molar-refractivity contribution in [3.63, 3.8) is 0 Å². The van der Waals surface area contributed by atoms with E-state index in [9.17, 15) is 9.90 Å². The largest absolute Gasteiger partial charge is 0.382 e. The highest BCUT2D eigenvalue weighted by atomic mass is 35.5. The number of benzene rings is 2. The van der Waals surface area contributed by atoms with Crippen LogP contribution in [0.4, 0.5) is 10.1 Å². The summed E-state index contributed by atoms with van der Waals surface area (Å²) in [5.41, 5.74) is 2.98. The van der Waals surface area contributed by atoms with Crippen molar-refractivity contribution < 1.29 is 14.2 Å². The lowest BCUT2D eigenvalue weighted by Crippen LogP contribution is -2.36. The minimum absolute atomic E-state index is 0.0446. The monoisotopic (exact) mass is 480 g/mol. The number of rotatable bonds is 4. The molecule has 5 rings (SSSR count). The topological polar surface area (TPSA) is 91.3 Å². The molecular weight excluding hydrogens is 459 g/mol. The fourth-order valence-corrected chi connectivity index (χ4v) is 4.38. The van der Waals surface area contributed by atoms with Gasteiger partial charge in [0.2, 0.25) is 0 Å². The van der Waals surface area contributed by atoms with Crippen LogP contribution in [0.15, 0.2) is 53.6 Å². The van der Waals surface area contributed by atoms with Crippen LogP contribution in [-0.4, -0.2) is 46.4 Å². The summed E-state index contributed by atoms with van der Waals surface area (Å²) in [6, 6.07) is 11.6. The van der Waals surface area contributed by atoms with Crippen molar-refractivity contribution >= 4 is 28.2 Å². The van der Waals surface area contributed by atoms with Crippen LogP contribution in [0.3, 0.4) is 0 Å². The first-order valence-electron chi connectivity index (χ1n) is 10.9. The molecule has 1 saturated heterocycles. The number of nitrogens with zero attached hydrogens (tertiary/aromatic N) is 3. The Morgan fingerprint density at radius 3 is 2.71 bits per heavy atom. The van der Waals surface area contributed by atoms with Crippen LogP contribution in [-0.2, 0) is 4.74 Å². The first-order chi connectivity index (χ1) is 16.4. The number of aliphatic hydroxyl groups is 1. The molecule has 1 unspecified atom stereocenters. The fourth-order valence-electron chi connectivity index (χ4n) is 4.12. The summed E-state index contributed by atoms with van der Waals surface area (Å²) >= 11 is 6.29. The van der Waals surface area contributed by atoms with E-state index in [4.69, 9.17) is 16.3 Å². The van der Waals surface area contributed by atoms with E-state index in [-0.39, 0.29) is 27.4 Å². The van der Waals surface area contributed by atoms with Crippen molar-refractivity contribution in [2.75, 3.05) is 31.2 Å². The summed E-state index contributed by atoms with van der Waals surface area (Å²) in [5.74, 6) is -0.574. The number of halogens is 2. The Balaban J connectivity index is 1.58. The van der Waals surface area contributed by atoms with Gasteiger partial charge in [-0.3, -0.25) is 4.79 Å². The molecule has 0 amide bonds. The van der Waals surface area contributed by atoms with Crippen LogP contribution >= 0.6 is 11.6 Å². The molecule has 2 aromatic heterocycles. The molecule has 0 radical (unpaired) electrons. The minimum atomic E-state index is -1.25. The summed E-state index contributed by atoms with van der Waals surface area (Å²) in [7, 11) is 0. The third-order valence-corrected chi connectivity index (χ3v) is 6.38. The zero-order chi connectivity index (χ0) is 23.8. The van der Waals surface area contributed by atoms with Crippen molar-refractivity contribution in [1.29, 1.82) is 0 Å². The molecule has 0 saturated carbocycles. The van der Waals surface area contributed by atoms with Gasteiger partial charge in [0.1, 0.15) is 18.2 Å². The summed E-state index contributed by atoms with van der Waals surface area (Å²) in [6.07, 6.45) is 0.142. The average Bonchev–Trinajstić information content (AvgIpc) is 2.85. The number of pyridine rings is 1. The van der Waals surface area contributed by atoms with Crippen LogP contribution in [0, 0.1) is 12.7 Å². The number of morpholine rings is 1. The number of hydrogen-bond donors (Lipinski definition) is 2. The molecule has 1 aliphatic rings. The van der Waals surface area contributed by atoms with Crippen LogP contribution in [0.5, 0.6) is 0 Å². The van der Waals surface area contributed by atoms with Gasteiger partial charge in [-0.15, -0.1) is 0 Å². The Morgan fingerprint density at radius 1 is 1.15 bits per heavy atom. The average molecular weight is 481 g/mol. The third kappa shape index (κ3) is 4.16. The molecular formula is C25H22ClFN4O3. The second kappa shape index (κ2) is 9.13. The van der Waals surface area contributed by atoms with Gasteiger partial charge >= 0.3 is 0 Å². The molecule has 34 heavy (non-hydrogen) atoms. The Labute approximate surface area is 199 Å². The smallest absolute Gasteiger partial charge is 0.251 e. The lowest BCUT2D eigenvalue weighted by Gasteiger charge is -2.29. The molecule has 4 aromatic rings. The van der Waals surface area contributed by atoms with Gasteiger partial charge in [0.25, 0.3) is 5.56 Å². The van der Waals surface area contributed by atoms with Crippen molar-refractivity contribution in [3.05, 3.63) is 86.8 Å². The second-order valence-electron chi connectivity index (χ2n) is 8.21. The van der Waals surface area contributed by atoms with Gasteiger partial charge in [-0.2, -0.15) is 0 Å². The third-order valence-electron chi connectivity index (χ3n) is 6.06. The Kier molecular flexibility index (Phi) is 6.03. The van der Waals surface area contributed by atoms with Gasteiger partial charge in [0.15, 0.2) is 0 Å². The Morgan fingerprint density at radius 2 is 1.94 bits per heavy atom. The van der Waals surface area contributed by atoms with Crippen molar-refractivity contribution in [2.45, 2.75) is 13.0 Å². The summed E-state index contributed by atoms with van der Waals surface area (Å²) in [4.78, 5) is 25.6. The van der Waals surface area contributed by atoms with E-state index in [0.717, 1.165) is 24.8 Å². The lowest BCUT2D eigenvalue weighted by atomic mass is 9.98. The number of aromatic amines is 1. The first kappa shape index (κ1) is 22.5. The maximum Gasteiger partial charge on any atom is 0.251 e. The highest BCUT2D eigenvalue weighted by Crippen LogP contribution is 2.36. The summed E-state index contributed by atoms with van der Waals surface area (Å²) < 4.78 is 20.5. The van der Waals surface area contributed by atoms with Crippen molar-refractivity contribution in [3.8, 4) is 11.3 Å². The molecule has 0 spiro atoms. The number of fused-ring (bicyclic) bond motifs is 1. The van der Waals surface area contributed by atoms with E-state index in [1.165, 1.54) is 12.4 Å². The van der Waals surface area contributed by atoms with E-state index < -0.39 is 11.9 Å². The van der Waals surface area contributed by atoms with E-state index in [1.807, 2.05) is 18.2 Å². The highest BCUT2D eigenvalue weighted by molar-refractivity contribution is 6.31. The predicted octanol–water partition coefficient (Wildman–Crippen LogP) is 4.00. The second-order valence-corrected chi connectivity index (χ2v) is 8.61. The summed E-state index contributed by atoms with van der Waals surface area (Å²) in [5, 5.41) is 11.6. The van der Waals surface area contributed by atoms with E-state index in [2.05, 4.69) is 19.9 Å². The fraction of sp³-hybridized carbons (Fsp3) is 0.240. The SMILES string of the molecule is Cc1ccc(C(O)c2cc(-c3ncnc4cc(N5CCOCC5)ccc34)c(F)cc2Cl)[nH]c1=O. The lowest BCUT2D eigenvalue weighted by molar-refractivity contribution is 0.122. The zero-order valence-corrected chi connectivity index (χ0v) is 19.1. The zero-order valence-electron chi connectivity index (χ0n) is 18.4. The molecule has 1 aliphatic heterocycles. The van der Waals surface area contributed by atoms with Crippen LogP contribution in [0.25, 0.3) is 22.2 Å². The molecule has 2 aromatic carbocycles. The molecule has 9 heteroatoms. The number of anilines is 1. The molecule has 1 fully saturated rings. The number of H-pyrrole nitrogens is 1. The quantitative estimate of drug-likeness (QED) is 0.458. The standard InChI is InChI=1S/C25H22ClFN4O3/c1-14-2-5-21(30-25(14)33)24(32)17-11-18(20(27)12-19(17)26)23-16-4-3-15(10-22(16)28-13-29-23)31-6-8-34-9-7-31/h2-5,10-13,24,32H,6-9H2,1H3,(H,30,33). The van der Waals surface area contributed by atoms with Gasteiger partial charge in [0.05, 0.1) is 30.1 Å². The Bertz CT molecular complexity index is 1440. The number of ether oxygens (including phenoxy) is 1. The number of aliphatic hydroxyl groups excluding tert-OH is 1. The molecule has 7 nitrogen and oxygen atoms in total. The number of aryl methyl sites for hydroxylation is 1. The van der Waals surface area contributed by atoms with Crippen LogP contribution < -0.4 is 10.5 Å². The molecule has 174 valence electrons. The number of nitrogens with one attached hydrogen (secondary N) is 1. The molecule has 1 atom stereocenters. The van der Waals surface area contributed by atoms with Gasteiger partial charge in [-0.1, -0.05) is 17.7 Å². The van der Waals surface area contributed by atoms with Crippen LogP contribution in [0.2, 0.25) is 5.02 Å². The maximum atomic E-state index is 15.1. The molecule has 0 aliphatic carbocycles. The van der Waals surface area contributed by atoms with Crippen molar-refractivity contribution in [2.24, 2.45) is 0 Å². The molecule has 0 bridgehead atoms. The van der Waals surface area contributed by atoms with Gasteiger partial charge in [-0.25, -0.2) is 14.4 Å². The minimum Gasteiger partial charge on any atom is -0.382 e. The highest BCUT2D eigenvalue weighted by Gasteiger charge is 2.21. The summed E-state index contributed by atoms with van der Waals surface area (Å²) in [6.45, 7) is 4.58. The van der Waals surface area contributed by atoms with E-state index in [0.29, 0.717) is 35.4 Å². The van der Waals surface area contributed by atoms with Gasteiger partial charge in [-0.05, 0) is 43.3 Å². The number of aromatic nitrogens is 3.